The fourth-order valence-corrected chi connectivity index (χ4v) is 1.61. The summed E-state index contributed by atoms with van der Waals surface area (Å²) < 4.78 is 26.6. The maximum absolute atomic E-state index is 13.3. The van der Waals surface area contributed by atoms with E-state index < -0.39 is 11.6 Å². The van der Waals surface area contributed by atoms with E-state index >= 15 is 0 Å². The monoisotopic (exact) mass is 218 g/mol. The molecule has 0 aromatic heterocycles. The fourth-order valence-electron chi connectivity index (χ4n) is 1.48. The lowest BCUT2D eigenvalue weighted by molar-refractivity contribution is 0.521. The Morgan fingerprint density at radius 2 is 1.79 bits per heavy atom. The molecule has 0 nitrogen and oxygen atoms in total. The van der Waals surface area contributed by atoms with Gasteiger partial charge in [0.05, 0.1) is 0 Å². The van der Waals surface area contributed by atoms with E-state index in [1.54, 1.807) is 6.92 Å². The quantitative estimate of drug-likeness (QED) is 0.671. The van der Waals surface area contributed by atoms with Gasteiger partial charge in [0.2, 0.25) is 0 Å². The van der Waals surface area contributed by atoms with E-state index in [9.17, 15) is 8.78 Å². The Hall–Kier alpha value is -0.630. The minimum absolute atomic E-state index is 0.0920. The van der Waals surface area contributed by atoms with Crippen molar-refractivity contribution in [1.29, 1.82) is 0 Å². The first-order valence-corrected chi connectivity index (χ1v) is 5.09. The molecule has 1 aromatic carbocycles. The third-order valence-corrected chi connectivity index (χ3v) is 3.07. The first-order chi connectivity index (χ1) is 6.57. The van der Waals surface area contributed by atoms with Crippen molar-refractivity contribution in [3.63, 3.8) is 0 Å². The second-order valence-corrected chi connectivity index (χ2v) is 3.91. The number of rotatable bonds is 3. The third kappa shape index (κ3) is 2.24. The molecule has 0 aliphatic rings. The number of hydrogen-bond acceptors (Lipinski definition) is 0. The molecular weight excluding hydrogens is 206 g/mol. The van der Waals surface area contributed by atoms with E-state index in [4.69, 9.17) is 11.6 Å². The van der Waals surface area contributed by atoms with Crippen LogP contribution in [0, 0.1) is 11.6 Å². The second-order valence-electron chi connectivity index (χ2n) is 3.35. The van der Waals surface area contributed by atoms with Gasteiger partial charge in [0.15, 0.2) is 0 Å². The maximum Gasteiger partial charge on any atom is 0.129 e. The number of alkyl halides is 1. The van der Waals surface area contributed by atoms with Crippen molar-refractivity contribution in [2.45, 2.75) is 31.6 Å². The van der Waals surface area contributed by atoms with Crippen LogP contribution in [0.5, 0.6) is 0 Å². The normalized spacial score (nSPS) is 15.2. The van der Waals surface area contributed by atoms with Crippen molar-refractivity contribution in [3.05, 3.63) is 35.4 Å². The highest BCUT2D eigenvalue weighted by Crippen LogP contribution is 2.29. The van der Waals surface area contributed by atoms with E-state index in [1.165, 1.54) is 18.2 Å². The molecule has 0 heterocycles. The Balaban J connectivity index is 3.05. The smallest absolute Gasteiger partial charge is 0.129 e. The summed E-state index contributed by atoms with van der Waals surface area (Å²) in [4.78, 5) is 0. The van der Waals surface area contributed by atoms with Crippen molar-refractivity contribution < 1.29 is 8.78 Å². The molecule has 0 radical (unpaired) electrons. The lowest BCUT2D eigenvalue weighted by Gasteiger charge is -2.17. The summed E-state index contributed by atoms with van der Waals surface area (Å²) in [5.41, 5.74) is 0.0920. The van der Waals surface area contributed by atoms with Crippen molar-refractivity contribution >= 4 is 11.6 Å². The first kappa shape index (κ1) is 11.4. The molecule has 0 spiro atoms. The van der Waals surface area contributed by atoms with Gasteiger partial charge in [0.25, 0.3) is 0 Å². The fraction of sp³-hybridized carbons (Fsp3) is 0.455. The van der Waals surface area contributed by atoms with Crippen LogP contribution in [0.2, 0.25) is 0 Å². The molecule has 0 N–H and O–H groups in total. The Bertz CT molecular complexity index is 292. The summed E-state index contributed by atoms with van der Waals surface area (Å²) in [5.74, 6) is -1.34. The van der Waals surface area contributed by atoms with Crippen molar-refractivity contribution in [1.82, 2.24) is 0 Å². The van der Waals surface area contributed by atoms with Crippen LogP contribution in [0.25, 0.3) is 0 Å². The maximum atomic E-state index is 13.3. The summed E-state index contributed by atoms with van der Waals surface area (Å²) >= 11 is 5.96. The molecule has 0 bridgehead atoms. The van der Waals surface area contributed by atoms with Crippen LogP contribution in [0.15, 0.2) is 18.2 Å². The summed E-state index contributed by atoms with van der Waals surface area (Å²) in [6.45, 7) is 3.63. The summed E-state index contributed by atoms with van der Waals surface area (Å²) in [6.07, 6.45) is 0.691. The zero-order chi connectivity index (χ0) is 10.7. The minimum atomic E-state index is -0.517. The van der Waals surface area contributed by atoms with Gasteiger partial charge in [0, 0.05) is 16.9 Å². The van der Waals surface area contributed by atoms with Gasteiger partial charge < -0.3 is 0 Å². The van der Waals surface area contributed by atoms with Gasteiger partial charge in [0.1, 0.15) is 11.6 Å². The minimum Gasteiger partial charge on any atom is -0.207 e. The molecule has 14 heavy (non-hydrogen) atoms. The van der Waals surface area contributed by atoms with Gasteiger partial charge in [-0.3, -0.25) is 0 Å². The predicted octanol–water partition coefficient (Wildman–Crippen LogP) is 4.09. The number of benzene rings is 1. The van der Waals surface area contributed by atoms with Crippen LogP contribution >= 0.6 is 11.6 Å². The van der Waals surface area contributed by atoms with Crippen LogP contribution in [0.3, 0.4) is 0 Å². The zero-order valence-corrected chi connectivity index (χ0v) is 8.98. The largest absolute Gasteiger partial charge is 0.207 e. The highest BCUT2D eigenvalue weighted by molar-refractivity contribution is 6.21. The molecule has 0 saturated carbocycles. The van der Waals surface area contributed by atoms with Gasteiger partial charge in [-0.05, 0) is 18.6 Å². The standard InChI is InChI=1S/C11H13ClF2/c1-3-8(12)7(2)11-9(13)5-4-6-10(11)14/h4-8H,3H2,1-2H3. The molecule has 0 saturated heterocycles. The molecule has 0 aliphatic heterocycles. The molecule has 3 heteroatoms. The summed E-state index contributed by atoms with van der Waals surface area (Å²) in [5, 5.41) is -0.235. The number of halogens is 3. The summed E-state index contributed by atoms with van der Waals surface area (Å²) in [6, 6.07) is 3.87. The Kier molecular flexibility index (Phi) is 3.87. The van der Waals surface area contributed by atoms with Gasteiger partial charge in [-0.1, -0.05) is 19.9 Å². The molecule has 0 fully saturated rings. The zero-order valence-electron chi connectivity index (χ0n) is 8.23. The highest BCUT2D eigenvalue weighted by Gasteiger charge is 2.21. The lowest BCUT2D eigenvalue weighted by atomic mass is 9.95. The summed E-state index contributed by atoms with van der Waals surface area (Å²) in [7, 11) is 0. The topological polar surface area (TPSA) is 0 Å². The molecule has 1 rings (SSSR count). The highest BCUT2D eigenvalue weighted by atomic mass is 35.5. The molecule has 2 unspecified atom stereocenters. The van der Waals surface area contributed by atoms with E-state index in [2.05, 4.69) is 0 Å². The van der Waals surface area contributed by atoms with E-state index in [0.29, 0.717) is 6.42 Å². The lowest BCUT2D eigenvalue weighted by Crippen LogP contribution is -2.12. The molecule has 0 aliphatic carbocycles. The van der Waals surface area contributed by atoms with Crippen LogP contribution in [-0.4, -0.2) is 5.38 Å². The predicted molar refractivity (Wildman–Crippen MR) is 54.7 cm³/mol. The average molecular weight is 219 g/mol. The third-order valence-electron chi connectivity index (χ3n) is 2.39. The van der Waals surface area contributed by atoms with Crippen LogP contribution in [0.4, 0.5) is 8.78 Å². The molecular formula is C11H13ClF2. The van der Waals surface area contributed by atoms with Crippen molar-refractivity contribution in [2.24, 2.45) is 0 Å². The van der Waals surface area contributed by atoms with Gasteiger partial charge in [-0.25, -0.2) is 8.78 Å². The molecule has 78 valence electrons. The van der Waals surface area contributed by atoms with Crippen LogP contribution in [0.1, 0.15) is 31.7 Å². The van der Waals surface area contributed by atoms with E-state index in [-0.39, 0.29) is 16.9 Å². The van der Waals surface area contributed by atoms with Crippen molar-refractivity contribution in [3.8, 4) is 0 Å². The Morgan fingerprint density at radius 1 is 1.29 bits per heavy atom. The SMILES string of the molecule is CCC(Cl)C(C)c1c(F)cccc1F. The van der Waals surface area contributed by atoms with Crippen LogP contribution in [-0.2, 0) is 0 Å². The number of hydrogen-bond donors (Lipinski definition) is 0. The second kappa shape index (κ2) is 4.74. The van der Waals surface area contributed by atoms with Gasteiger partial charge >= 0.3 is 0 Å². The van der Waals surface area contributed by atoms with Crippen molar-refractivity contribution in [2.75, 3.05) is 0 Å². The molecule has 2 atom stereocenters. The molecule has 0 amide bonds. The first-order valence-electron chi connectivity index (χ1n) is 4.65. The van der Waals surface area contributed by atoms with Gasteiger partial charge in [-0.15, -0.1) is 11.6 Å². The average Bonchev–Trinajstić information content (AvgIpc) is 2.16. The van der Waals surface area contributed by atoms with E-state index in [0.717, 1.165) is 0 Å². The van der Waals surface area contributed by atoms with Crippen LogP contribution < -0.4 is 0 Å². The Morgan fingerprint density at radius 3 is 2.21 bits per heavy atom. The van der Waals surface area contributed by atoms with E-state index in [1.807, 2.05) is 6.92 Å². The Labute approximate surface area is 87.9 Å². The van der Waals surface area contributed by atoms with Gasteiger partial charge in [-0.2, -0.15) is 0 Å². The molecule has 1 aromatic rings.